The van der Waals surface area contributed by atoms with Crippen molar-refractivity contribution in [2.24, 2.45) is 10.7 Å². The predicted molar refractivity (Wildman–Crippen MR) is 150 cm³/mol. The zero-order valence-corrected chi connectivity index (χ0v) is 22.2. The number of aryl methyl sites for hydroxylation is 1. The number of phenolic OH excluding ortho intramolecular Hbond substituents is 1. The number of anilines is 3. The van der Waals surface area contributed by atoms with Gasteiger partial charge in [0.05, 0.1) is 10.0 Å². The van der Waals surface area contributed by atoms with Gasteiger partial charge in [0.2, 0.25) is 5.96 Å². The minimum absolute atomic E-state index is 0.101. The Hall–Kier alpha value is -3.33. The van der Waals surface area contributed by atoms with Crippen LogP contribution in [0.1, 0.15) is 30.7 Å². The number of rotatable bonds is 10. The topological polar surface area (TPSA) is 112 Å². The molecule has 0 spiro atoms. The molecule has 0 bridgehead atoms. The number of aliphatic imine (C=N–C) groups is 1. The van der Waals surface area contributed by atoms with Crippen LogP contribution < -0.4 is 16.4 Å². The van der Waals surface area contributed by atoms with E-state index in [1.165, 1.54) is 0 Å². The molecule has 1 aromatic heterocycles. The Morgan fingerprint density at radius 3 is 2.47 bits per heavy atom. The van der Waals surface area contributed by atoms with Gasteiger partial charge < -0.3 is 21.5 Å². The molecule has 3 aromatic rings. The van der Waals surface area contributed by atoms with E-state index in [1.54, 1.807) is 24.3 Å². The largest absolute Gasteiger partial charge is 0.507 e. The summed E-state index contributed by atoms with van der Waals surface area (Å²) in [6.07, 6.45) is 2.31. The Balaban J connectivity index is 1.87. The molecule has 190 valence electrons. The zero-order chi connectivity index (χ0) is 26.2. The molecule has 0 aliphatic carbocycles. The molecular formula is C26H31Cl2N7O. The molecule has 0 aliphatic heterocycles. The summed E-state index contributed by atoms with van der Waals surface area (Å²) in [5.41, 5.74) is 9.82. The van der Waals surface area contributed by atoms with Crippen LogP contribution >= 0.6 is 23.2 Å². The van der Waals surface area contributed by atoms with Gasteiger partial charge in [0.15, 0.2) is 0 Å². The highest BCUT2D eigenvalue weighted by Crippen LogP contribution is 2.31. The van der Waals surface area contributed by atoms with Gasteiger partial charge in [-0.25, -0.2) is 4.98 Å². The Kier molecular flexibility index (Phi) is 9.52. The van der Waals surface area contributed by atoms with Crippen LogP contribution in [0, 0.1) is 6.92 Å². The maximum Gasteiger partial charge on any atom is 0.254 e. The van der Waals surface area contributed by atoms with Crippen molar-refractivity contribution in [2.75, 3.05) is 23.7 Å². The monoisotopic (exact) mass is 527 g/mol. The number of guanidine groups is 1. The highest BCUT2D eigenvalue weighted by atomic mass is 35.5. The molecule has 0 fully saturated rings. The third kappa shape index (κ3) is 7.34. The lowest BCUT2D eigenvalue weighted by Gasteiger charge is -2.21. The van der Waals surface area contributed by atoms with Crippen molar-refractivity contribution in [3.63, 3.8) is 0 Å². The summed E-state index contributed by atoms with van der Waals surface area (Å²) in [5.74, 6) is 1.13. The number of hydrogen-bond acceptors (Lipinski definition) is 6. The Morgan fingerprint density at radius 2 is 1.81 bits per heavy atom. The van der Waals surface area contributed by atoms with Crippen molar-refractivity contribution in [3.05, 3.63) is 75.9 Å². The minimum Gasteiger partial charge on any atom is -0.507 e. The molecule has 0 aliphatic rings. The molecule has 36 heavy (non-hydrogen) atoms. The van der Waals surface area contributed by atoms with Gasteiger partial charge >= 0.3 is 0 Å². The molecule has 1 heterocycles. The SMILES string of the molecule is C=CCc1cc(Nc2cc(C)nc(/N=C(\N)Nc3ccc(Cl)c(Cl)c3)n2)cc(CN(CC)CC)c1O. The molecule has 2 aromatic carbocycles. The maximum absolute atomic E-state index is 10.8. The lowest BCUT2D eigenvalue weighted by atomic mass is 10.0. The van der Waals surface area contributed by atoms with E-state index in [2.05, 4.69) is 50.9 Å². The number of nitrogens with one attached hydrogen (secondary N) is 2. The number of nitrogens with two attached hydrogens (primary N) is 1. The summed E-state index contributed by atoms with van der Waals surface area (Å²) in [4.78, 5) is 15.4. The maximum atomic E-state index is 10.8. The minimum atomic E-state index is 0.101. The molecule has 0 atom stereocenters. The van der Waals surface area contributed by atoms with Crippen LogP contribution in [-0.4, -0.2) is 39.0 Å². The normalized spacial score (nSPS) is 11.6. The molecular weight excluding hydrogens is 497 g/mol. The second kappa shape index (κ2) is 12.6. The van der Waals surface area contributed by atoms with Crippen LogP contribution in [-0.2, 0) is 13.0 Å². The molecule has 0 unspecified atom stereocenters. The summed E-state index contributed by atoms with van der Waals surface area (Å²) < 4.78 is 0. The molecule has 0 amide bonds. The number of aromatic nitrogens is 2. The number of benzene rings is 2. The number of aromatic hydroxyl groups is 1. The lowest BCUT2D eigenvalue weighted by Crippen LogP contribution is -2.22. The van der Waals surface area contributed by atoms with E-state index in [0.717, 1.165) is 29.9 Å². The third-order valence-corrected chi connectivity index (χ3v) is 6.19. The van der Waals surface area contributed by atoms with E-state index >= 15 is 0 Å². The van der Waals surface area contributed by atoms with Gasteiger partial charge in [0.1, 0.15) is 11.6 Å². The molecule has 0 radical (unpaired) electrons. The Bertz CT molecular complexity index is 1260. The molecule has 5 N–H and O–H groups in total. The smallest absolute Gasteiger partial charge is 0.254 e. The number of nitrogens with zero attached hydrogens (tertiary/aromatic N) is 4. The fraction of sp³-hybridized carbons (Fsp3) is 0.269. The van der Waals surface area contributed by atoms with E-state index in [9.17, 15) is 5.11 Å². The van der Waals surface area contributed by atoms with Gasteiger partial charge in [-0.3, -0.25) is 4.90 Å². The second-order valence-corrected chi connectivity index (χ2v) is 8.98. The first kappa shape index (κ1) is 27.3. The fourth-order valence-corrected chi connectivity index (χ4v) is 3.92. The van der Waals surface area contributed by atoms with Crippen molar-refractivity contribution in [2.45, 2.75) is 33.7 Å². The summed E-state index contributed by atoms with van der Waals surface area (Å²) in [6.45, 7) is 12.3. The number of allylic oxidation sites excluding steroid dienone is 1. The fourth-order valence-electron chi connectivity index (χ4n) is 3.62. The third-order valence-electron chi connectivity index (χ3n) is 5.45. The molecule has 0 saturated heterocycles. The van der Waals surface area contributed by atoms with Gasteiger partial charge in [0, 0.05) is 40.8 Å². The molecule has 3 rings (SSSR count). The van der Waals surface area contributed by atoms with Gasteiger partial charge in [-0.2, -0.15) is 9.98 Å². The van der Waals surface area contributed by atoms with Crippen LogP contribution in [0.5, 0.6) is 5.75 Å². The van der Waals surface area contributed by atoms with E-state index in [4.69, 9.17) is 28.9 Å². The zero-order valence-electron chi connectivity index (χ0n) is 20.6. The van der Waals surface area contributed by atoms with E-state index in [0.29, 0.717) is 40.2 Å². The average Bonchev–Trinajstić information content (AvgIpc) is 2.82. The first-order valence-electron chi connectivity index (χ1n) is 11.6. The average molecular weight is 528 g/mol. The first-order chi connectivity index (χ1) is 17.2. The Morgan fingerprint density at radius 1 is 1.08 bits per heavy atom. The number of phenols is 1. The van der Waals surface area contributed by atoms with E-state index in [1.807, 2.05) is 25.1 Å². The Labute approximate surface area is 221 Å². The van der Waals surface area contributed by atoms with Crippen molar-refractivity contribution in [1.82, 2.24) is 14.9 Å². The van der Waals surface area contributed by atoms with Gasteiger partial charge in [-0.15, -0.1) is 6.58 Å². The summed E-state index contributed by atoms with van der Waals surface area (Å²) in [7, 11) is 0. The standard InChI is InChI=1S/C26H31Cl2N7O/c1-5-8-17-12-20(13-18(24(17)36)15-35(6-2)7-3)31-23-11-16(4)30-26(33-23)34-25(29)32-19-9-10-21(27)22(28)14-19/h5,9-14,36H,1,6-8,15H2,2-4H3,(H4,29,30,31,32,33,34). The van der Waals surface area contributed by atoms with Gasteiger partial charge in [-0.1, -0.05) is 43.1 Å². The van der Waals surface area contributed by atoms with Gasteiger partial charge in [-0.05, 0) is 56.8 Å². The van der Waals surface area contributed by atoms with Crippen LogP contribution in [0.25, 0.3) is 0 Å². The predicted octanol–water partition coefficient (Wildman–Crippen LogP) is 6.17. The van der Waals surface area contributed by atoms with Crippen LogP contribution in [0.15, 0.2) is 54.0 Å². The van der Waals surface area contributed by atoms with Crippen LogP contribution in [0.2, 0.25) is 10.0 Å². The van der Waals surface area contributed by atoms with Crippen LogP contribution in [0.4, 0.5) is 23.1 Å². The summed E-state index contributed by atoms with van der Waals surface area (Å²) in [6, 6.07) is 10.7. The molecule has 10 heteroatoms. The lowest BCUT2D eigenvalue weighted by molar-refractivity contribution is 0.290. The molecule has 0 saturated carbocycles. The van der Waals surface area contributed by atoms with Crippen molar-refractivity contribution < 1.29 is 5.11 Å². The van der Waals surface area contributed by atoms with Gasteiger partial charge in [0.25, 0.3) is 5.95 Å². The first-order valence-corrected chi connectivity index (χ1v) is 12.3. The van der Waals surface area contributed by atoms with Crippen molar-refractivity contribution in [1.29, 1.82) is 0 Å². The summed E-state index contributed by atoms with van der Waals surface area (Å²) >= 11 is 12.0. The molecule has 8 nitrogen and oxygen atoms in total. The van der Waals surface area contributed by atoms with E-state index in [-0.39, 0.29) is 17.7 Å². The number of hydrogen-bond donors (Lipinski definition) is 4. The highest BCUT2D eigenvalue weighted by Gasteiger charge is 2.13. The number of halogens is 2. The van der Waals surface area contributed by atoms with Crippen molar-refractivity contribution >= 4 is 52.3 Å². The van der Waals surface area contributed by atoms with E-state index < -0.39 is 0 Å². The van der Waals surface area contributed by atoms with Crippen molar-refractivity contribution in [3.8, 4) is 5.75 Å². The quantitative estimate of drug-likeness (QED) is 0.108. The second-order valence-electron chi connectivity index (χ2n) is 8.17. The highest BCUT2D eigenvalue weighted by molar-refractivity contribution is 6.42. The summed E-state index contributed by atoms with van der Waals surface area (Å²) in [5, 5.41) is 17.9. The van der Waals surface area contributed by atoms with Crippen LogP contribution in [0.3, 0.4) is 0 Å².